The number of hydrogen-bond donors (Lipinski definition) is 3. The molecule has 1 aliphatic rings. The highest BCUT2D eigenvalue weighted by molar-refractivity contribution is 5.57. The topological polar surface area (TPSA) is 102 Å². The molecule has 0 bridgehead atoms. The molecule has 3 N–H and O–H groups in total. The van der Waals surface area contributed by atoms with Gasteiger partial charge in [0.25, 0.3) is 0 Å². The molecule has 2 heterocycles. The second-order valence-electron chi connectivity index (χ2n) is 6.59. The molecule has 0 spiro atoms. The molecule has 0 amide bonds. The molecular formula is C19H18FN7. The maximum atomic E-state index is 13.1. The maximum absolute atomic E-state index is 13.1. The van der Waals surface area contributed by atoms with Gasteiger partial charge in [-0.2, -0.15) is 15.3 Å². The number of anilines is 3. The van der Waals surface area contributed by atoms with Crippen molar-refractivity contribution in [2.24, 2.45) is 0 Å². The average Bonchev–Trinajstić information content (AvgIpc) is 3.42. The molecule has 1 atom stereocenters. The highest BCUT2D eigenvalue weighted by Gasteiger charge is 2.25. The van der Waals surface area contributed by atoms with Crippen LogP contribution in [0.1, 0.15) is 48.5 Å². The number of halogens is 1. The third kappa shape index (κ3) is 3.87. The Bertz CT molecular complexity index is 986. The number of aromatic nitrogens is 4. The number of rotatable bonds is 6. The summed E-state index contributed by atoms with van der Waals surface area (Å²) in [6.45, 7) is 1.92. The van der Waals surface area contributed by atoms with Gasteiger partial charge in [0, 0.05) is 23.7 Å². The number of aromatic amines is 1. The molecule has 136 valence electrons. The molecule has 1 saturated carbocycles. The number of nitrogens with zero attached hydrogens (tertiary/aromatic N) is 4. The quantitative estimate of drug-likeness (QED) is 0.612. The lowest BCUT2D eigenvalue weighted by Crippen LogP contribution is -2.11. The van der Waals surface area contributed by atoms with Gasteiger partial charge in [-0.25, -0.2) is 9.37 Å². The Morgan fingerprint density at radius 2 is 2.07 bits per heavy atom. The van der Waals surface area contributed by atoms with Crippen molar-refractivity contribution >= 4 is 17.6 Å². The van der Waals surface area contributed by atoms with E-state index in [4.69, 9.17) is 0 Å². The van der Waals surface area contributed by atoms with Crippen LogP contribution in [0, 0.1) is 17.1 Å². The molecule has 0 aliphatic heterocycles. The molecule has 27 heavy (non-hydrogen) atoms. The summed E-state index contributed by atoms with van der Waals surface area (Å²) < 4.78 is 13.1. The van der Waals surface area contributed by atoms with Crippen LogP contribution in [0.25, 0.3) is 0 Å². The number of benzene rings is 1. The van der Waals surface area contributed by atoms with Crippen LogP contribution in [-0.2, 0) is 0 Å². The normalized spacial score (nSPS) is 14.4. The molecule has 0 radical (unpaired) electrons. The molecule has 1 aromatic carbocycles. The molecule has 4 rings (SSSR count). The van der Waals surface area contributed by atoms with Crippen molar-refractivity contribution in [1.29, 1.82) is 5.26 Å². The zero-order valence-corrected chi connectivity index (χ0v) is 14.7. The predicted octanol–water partition coefficient (Wildman–Crippen LogP) is 4.00. The second-order valence-corrected chi connectivity index (χ2v) is 6.59. The van der Waals surface area contributed by atoms with Crippen molar-refractivity contribution < 1.29 is 4.39 Å². The lowest BCUT2D eigenvalue weighted by molar-refractivity contribution is 0.626. The summed E-state index contributed by atoms with van der Waals surface area (Å²) >= 11 is 0. The predicted molar refractivity (Wildman–Crippen MR) is 99.0 cm³/mol. The second kappa shape index (κ2) is 7.03. The monoisotopic (exact) mass is 363 g/mol. The van der Waals surface area contributed by atoms with Crippen LogP contribution in [0.15, 0.2) is 36.5 Å². The highest BCUT2D eigenvalue weighted by Crippen LogP contribution is 2.39. The fraction of sp³-hybridized carbons (Fsp3) is 0.263. The number of hydrogen-bond acceptors (Lipinski definition) is 6. The summed E-state index contributed by atoms with van der Waals surface area (Å²) in [5.41, 5.74) is 2.32. The van der Waals surface area contributed by atoms with Crippen LogP contribution in [0.5, 0.6) is 0 Å². The molecule has 2 aromatic heterocycles. The van der Waals surface area contributed by atoms with Crippen LogP contribution < -0.4 is 10.6 Å². The van der Waals surface area contributed by atoms with Gasteiger partial charge in [-0.1, -0.05) is 12.1 Å². The van der Waals surface area contributed by atoms with Gasteiger partial charge in [-0.05, 0) is 37.5 Å². The van der Waals surface area contributed by atoms with Gasteiger partial charge < -0.3 is 10.6 Å². The fourth-order valence-electron chi connectivity index (χ4n) is 2.79. The number of nitrogens with one attached hydrogen (secondary N) is 3. The third-order valence-corrected chi connectivity index (χ3v) is 4.49. The SMILES string of the molecule is C[C@H](Nc1nc(Nc2cc(C3CC3)[nH]n2)ncc1C#N)c1ccc(F)cc1. The molecule has 0 unspecified atom stereocenters. The van der Waals surface area contributed by atoms with E-state index < -0.39 is 0 Å². The minimum absolute atomic E-state index is 0.160. The fourth-order valence-corrected chi connectivity index (χ4v) is 2.79. The lowest BCUT2D eigenvalue weighted by atomic mass is 10.1. The minimum Gasteiger partial charge on any atom is -0.362 e. The van der Waals surface area contributed by atoms with Gasteiger partial charge in [0.1, 0.15) is 23.3 Å². The summed E-state index contributed by atoms with van der Waals surface area (Å²) in [7, 11) is 0. The molecule has 0 saturated heterocycles. The van der Waals surface area contributed by atoms with E-state index in [1.54, 1.807) is 12.1 Å². The first kappa shape index (κ1) is 17.0. The Balaban J connectivity index is 1.52. The van der Waals surface area contributed by atoms with Crippen LogP contribution in [0.2, 0.25) is 0 Å². The molecule has 8 heteroatoms. The Morgan fingerprint density at radius 1 is 1.30 bits per heavy atom. The zero-order valence-electron chi connectivity index (χ0n) is 14.7. The van der Waals surface area contributed by atoms with Crippen molar-refractivity contribution in [3.05, 3.63) is 59.2 Å². The largest absolute Gasteiger partial charge is 0.362 e. The summed E-state index contributed by atoms with van der Waals surface area (Å²) in [6, 6.07) is 10.1. The first-order valence-corrected chi connectivity index (χ1v) is 8.74. The molecule has 1 fully saturated rings. The van der Waals surface area contributed by atoms with Gasteiger partial charge in [-0.15, -0.1) is 0 Å². The van der Waals surface area contributed by atoms with Crippen LogP contribution in [-0.4, -0.2) is 20.2 Å². The maximum Gasteiger partial charge on any atom is 0.230 e. The van der Waals surface area contributed by atoms with Crippen molar-refractivity contribution in [2.45, 2.75) is 31.7 Å². The van der Waals surface area contributed by atoms with Crippen molar-refractivity contribution in [2.75, 3.05) is 10.6 Å². The van der Waals surface area contributed by atoms with Crippen molar-refractivity contribution in [1.82, 2.24) is 20.2 Å². The van der Waals surface area contributed by atoms with E-state index in [2.05, 4.69) is 36.9 Å². The highest BCUT2D eigenvalue weighted by atomic mass is 19.1. The third-order valence-electron chi connectivity index (χ3n) is 4.49. The molecule has 1 aliphatic carbocycles. The van der Waals surface area contributed by atoms with Crippen LogP contribution >= 0.6 is 0 Å². The van der Waals surface area contributed by atoms with E-state index in [1.165, 1.54) is 31.2 Å². The van der Waals surface area contributed by atoms with E-state index in [1.807, 2.05) is 13.0 Å². The Hall–Kier alpha value is -3.47. The van der Waals surface area contributed by atoms with Crippen molar-refractivity contribution in [3.63, 3.8) is 0 Å². The Labute approximate surface area is 155 Å². The number of nitriles is 1. The minimum atomic E-state index is -0.290. The first-order chi connectivity index (χ1) is 13.1. The molecular weight excluding hydrogens is 345 g/mol. The van der Waals surface area contributed by atoms with Gasteiger partial charge in [0.05, 0.1) is 6.20 Å². The number of H-pyrrole nitrogens is 1. The first-order valence-electron chi connectivity index (χ1n) is 8.74. The molecule has 7 nitrogen and oxygen atoms in total. The van der Waals surface area contributed by atoms with E-state index in [0.29, 0.717) is 29.1 Å². The summed E-state index contributed by atoms with van der Waals surface area (Å²) in [5, 5.41) is 22.8. The lowest BCUT2D eigenvalue weighted by Gasteiger charge is -2.16. The van der Waals surface area contributed by atoms with Gasteiger partial charge in [0.2, 0.25) is 5.95 Å². The molecule has 3 aromatic rings. The van der Waals surface area contributed by atoms with E-state index in [-0.39, 0.29) is 11.9 Å². The van der Waals surface area contributed by atoms with Crippen LogP contribution in [0.3, 0.4) is 0 Å². The Morgan fingerprint density at radius 3 is 2.78 bits per heavy atom. The van der Waals surface area contributed by atoms with Gasteiger partial charge in [-0.3, -0.25) is 5.10 Å². The van der Waals surface area contributed by atoms with Crippen LogP contribution in [0.4, 0.5) is 22.0 Å². The zero-order chi connectivity index (χ0) is 18.8. The van der Waals surface area contributed by atoms with E-state index in [9.17, 15) is 9.65 Å². The summed E-state index contributed by atoms with van der Waals surface area (Å²) in [4.78, 5) is 8.59. The Kier molecular flexibility index (Phi) is 4.42. The summed E-state index contributed by atoms with van der Waals surface area (Å²) in [5.74, 6) is 1.67. The van der Waals surface area contributed by atoms with E-state index >= 15 is 0 Å². The average molecular weight is 363 g/mol. The standard InChI is InChI=1S/C19H18FN7/c1-11(12-4-6-15(20)7-5-12)23-18-14(9-21)10-22-19(25-18)24-17-8-16(26-27-17)13-2-3-13/h4-8,10-11,13H,2-3H2,1H3,(H3,22,23,24,25,26,27)/t11-/m0/s1. The van der Waals surface area contributed by atoms with Crippen molar-refractivity contribution in [3.8, 4) is 6.07 Å². The van der Waals surface area contributed by atoms with Gasteiger partial charge in [0.15, 0.2) is 5.82 Å². The van der Waals surface area contributed by atoms with E-state index in [0.717, 1.165) is 11.3 Å². The van der Waals surface area contributed by atoms with Gasteiger partial charge >= 0.3 is 0 Å². The smallest absolute Gasteiger partial charge is 0.230 e. The summed E-state index contributed by atoms with van der Waals surface area (Å²) in [6.07, 6.45) is 3.83.